The molecule has 0 spiro atoms. The van der Waals surface area contributed by atoms with Crippen molar-refractivity contribution < 1.29 is 0 Å². The molecule has 8 heavy (non-hydrogen) atoms. The van der Waals surface area contributed by atoms with Gasteiger partial charge in [-0.15, -0.1) is 10.2 Å². The predicted molar refractivity (Wildman–Crippen MR) is 36.8 cm³/mol. The molecule has 0 unspecified atom stereocenters. The molecule has 1 aromatic heterocycles. The van der Waals surface area contributed by atoms with Crippen LogP contribution in [0.2, 0.25) is 0 Å². The van der Waals surface area contributed by atoms with E-state index in [1.54, 1.807) is 0 Å². The van der Waals surface area contributed by atoms with Crippen molar-refractivity contribution in [1.29, 1.82) is 0 Å². The molecule has 0 saturated carbocycles. The largest absolute Gasteiger partial charge is 0.177 e. The van der Waals surface area contributed by atoms with Gasteiger partial charge in [0, 0.05) is 10.8 Å². The molecule has 0 aliphatic heterocycles. The van der Waals surface area contributed by atoms with Gasteiger partial charge in [0.2, 0.25) is 0 Å². The quantitative estimate of drug-likeness (QED) is 0.575. The van der Waals surface area contributed by atoms with E-state index in [-0.39, 0.29) is 0 Å². The first-order chi connectivity index (χ1) is 3.93. The van der Waals surface area contributed by atoms with Crippen LogP contribution in [0.15, 0.2) is 0 Å². The molecular formula is C3H5IN4. The highest BCUT2D eigenvalue weighted by Gasteiger charge is 1.92. The molecule has 4 nitrogen and oxygen atoms in total. The van der Waals surface area contributed by atoms with E-state index in [1.807, 2.05) is 0 Å². The van der Waals surface area contributed by atoms with Crippen molar-refractivity contribution in [3.05, 3.63) is 5.82 Å². The molecule has 0 aliphatic rings. The number of H-pyrrole nitrogens is 1. The van der Waals surface area contributed by atoms with Crippen LogP contribution in [-0.4, -0.2) is 25.1 Å². The van der Waals surface area contributed by atoms with E-state index in [4.69, 9.17) is 0 Å². The maximum atomic E-state index is 3.75. The fraction of sp³-hybridized carbons (Fsp3) is 0.667. The summed E-state index contributed by atoms with van der Waals surface area (Å²) in [4.78, 5) is 0. The van der Waals surface area contributed by atoms with Gasteiger partial charge in [0.1, 0.15) is 0 Å². The second kappa shape index (κ2) is 2.95. The summed E-state index contributed by atoms with van der Waals surface area (Å²) in [7, 11) is 0. The zero-order valence-corrected chi connectivity index (χ0v) is 6.29. The average Bonchev–Trinajstić information content (AvgIpc) is 2.19. The Hall–Kier alpha value is -0.200. The van der Waals surface area contributed by atoms with Crippen LogP contribution in [0.25, 0.3) is 0 Å². The van der Waals surface area contributed by atoms with Gasteiger partial charge in [0.05, 0.1) is 0 Å². The molecule has 1 N–H and O–H groups in total. The zero-order valence-electron chi connectivity index (χ0n) is 4.13. The SMILES string of the molecule is ICCc1nn[nH]n1. The summed E-state index contributed by atoms with van der Waals surface area (Å²) < 4.78 is 1.04. The summed E-state index contributed by atoms with van der Waals surface area (Å²) in [5.41, 5.74) is 0. The van der Waals surface area contributed by atoms with Crippen molar-refractivity contribution in [2.75, 3.05) is 4.43 Å². The second-order valence-electron chi connectivity index (χ2n) is 1.27. The summed E-state index contributed by atoms with van der Waals surface area (Å²) in [5, 5.41) is 13.3. The molecule has 1 heterocycles. The predicted octanol–water partition coefficient (Wildman–Crippen LogP) is 0.177. The van der Waals surface area contributed by atoms with Gasteiger partial charge in [0.25, 0.3) is 0 Å². The van der Waals surface area contributed by atoms with Gasteiger partial charge in [-0.05, 0) is 0 Å². The van der Waals surface area contributed by atoms with Gasteiger partial charge in [-0.2, -0.15) is 5.21 Å². The third-order valence-electron chi connectivity index (χ3n) is 0.707. The Kier molecular flexibility index (Phi) is 2.19. The van der Waals surface area contributed by atoms with Crippen LogP contribution in [0.1, 0.15) is 5.82 Å². The molecule has 1 rings (SSSR count). The maximum Gasteiger partial charge on any atom is 0.175 e. The number of aromatic amines is 1. The average molecular weight is 224 g/mol. The molecule has 0 amide bonds. The Morgan fingerprint density at radius 2 is 2.50 bits per heavy atom. The fourth-order valence-electron chi connectivity index (χ4n) is 0.373. The summed E-state index contributed by atoms with van der Waals surface area (Å²) in [6, 6.07) is 0. The van der Waals surface area contributed by atoms with Crippen molar-refractivity contribution >= 4 is 22.6 Å². The Bertz CT molecular complexity index is 137. The standard InChI is InChI=1S/C3H5IN4/c4-2-1-3-5-7-8-6-3/h1-2H2,(H,5,6,7,8). The Morgan fingerprint density at radius 3 is 3.00 bits per heavy atom. The molecule has 1 aromatic rings. The lowest BCUT2D eigenvalue weighted by Crippen LogP contribution is -1.87. The van der Waals surface area contributed by atoms with Crippen LogP contribution in [0, 0.1) is 0 Å². The van der Waals surface area contributed by atoms with E-state index in [9.17, 15) is 0 Å². The molecule has 0 fully saturated rings. The normalized spacial score (nSPS) is 9.62. The number of alkyl halides is 1. The molecule has 0 bridgehead atoms. The van der Waals surface area contributed by atoms with Crippen molar-refractivity contribution in [3.8, 4) is 0 Å². The highest BCUT2D eigenvalue weighted by Crippen LogP contribution is 1.89. The number of aryl methyl sites for hydroxylation is 1. The molecular weight excluding hydrogens is 219 g/mol. The summed E-state index contributed by atoms with van der Waals surface area (Å²) >= 11 is 2.27. The summed E-state index contributed by atoms with van der Waals surface area (Å²) in [6.07, 6.45) is 0.900. The second-order valence-corrected chi connectivity index (χ2v) is 2.35. The van der Waals surface area contributed by atoms with Gasteiger partial charge < -0.3 is 0 Å². The molecule has 0 aliphatic carbocycles. The molecule has 44 valence electrons. The Labute approximate surface area is 60.2 Å². The molecule has 0 atom stereocenters. The van der Waals surface area contributed by atoms with Crippen molar-refractivity contribution in [3.63, 3.8) is 0 Å². The highest BCUT2D eigenvalue weighted by atomic mass is 127. The first kappa shape index (κ1) is 5.93. The fourth-order valence-corrected chi connectivity index (χ4v) is 0.855. The number of rotatable bonds is 2. The van der Waals surface area contributed by atoms with E-state index < -0.39 is 0 Å². The smallest absolute Gasteiger partial charge is 0.175 e. The number of halogens is 1. The van der Waals surface area contributed by atoms with Crippen molar-refractivity contribution in [2.45, 2.75) is 6.42 Å². The lowest BCUT2D eigenvalue weighted by atomic mass is 10.5. The molecule has 0 saturated heterocycles. The lowest BCUT2D eigenvalue weighted by molar-refractivity contribution is 0.881. The number of aromatic nitrogens is 4. The van der Waals surface area contributed by atoms with Gasteiger partial charge >= 0.3 is 0 Å². The van der Waals surface area contributed by atoms with E-state index in [2.05, 4.69) is 43.2 Å². The Morgan fingerprint density at radius 1 is 1.62 bits per heavy atom. The topological polar surface area (TPSA) is 54.5 Å². The number of nitrogens with one attached hydrogen (secondary N) is 1. The number of nitrogens with zero attached hydrogens (tertiary/aromatic N) is 3. The first-order valence-electron chi connectivity index (χ1n) is 2.22. The zero-order chi connectivity index (χ0) is 5.82. The van der Waals surface area contributed by atoms with E-state index in [0.717, 1.165) is 16.7 Å². The molecule has 5 heteroatoms. The van der Waals surface area contributed by atoms with E-state index in [0.29, 0.717) is 0 Å². The maximum absolute atomic E-state index is 3.75. The minimum atomic E-state index is 0.791. The minimum Gasteiger partial charge on any atom is -0.177 e. The highest BCUT2D eigenvalue weighted by molar-refractivity contribution is 14.1. The molecule has 0 radical (unpaired) electrons. The van der Waals surface area contributed by atoms with Gasteiger partial charge in [-0.25, -0.2) is 0 Å². The van der Waals surface area contributed by atoms with Crippen LogP contribution in [0.3, 0.4) is 0 Å². The van der Waals surface area contributed by atoms with Crippen LogP contribution in [0.5, 0.6) is 0 Å². The summed E-state index contributed by atoms with van der Waals surface area (Å²) in [5.74, 6) is 0.791. The van der Waals surface area contributed by atoms with Gasteiger partial charge in [0.15, 0.2) is 5.82 Å². The minimum absolute atomic E-state index is 0.791. The van der Waals surface area contributed by atoms with E-state index in [1.165, 1.54) is 0 Å². The first-order valence-corrected chi connectivity index (χ1v) is 3.74. The van der Waals surface area contributed by atoms with Gasteiger partial charge in [-0.1, -0.05) is 27.8 Å². The number of hydrogen-bond donors (Lipinski definition) is 1. The van der Waals surface area contributed by atoms with Crippen LogP contribution in [0.4, 0.5) is 0 Å². The van der Waals surface area contributed by atoms with Crippen molar-refractivity contribution in [2.24, 2.45) is 0 Å². The van der Waals surface area contributed by atoms with E-state index >= 15 is 0 Å². The lowest BCUT2D eigenvalue weighted by Gasteiger charge is -1.79. The van der Waals surface area contributed by atoms with Crippen molar-refractivity contribution in [1.82, 2.24) is 20.6 Å². The third kappa shape index (κ3) is 1.39. The number of tetrazole rings is 1. The third-order valence-corrected chi connectivity index (χ3v) is 1.25. The van der Waals surface area contributed by atoms with Crippen LogP contribution >= 0.6 is 22.6 Å². The monoisotopic (exact) mass is 224 g/mol. The van der Waals surface area contributed by atoms with Crippen LogP contribution < -0.4 is 0 Å². The van der Waals surface area contributed by atoms with Gasteiger partial charge in [-0.3, -0.25) is 0 Å². The molecule has 0 aromatic carbocycles. The Balaban J connectivity index is 2.50. The van der Waals surface area contributed by atoms with Crippen LogP contribution in [-0.2, 0) is 6.42 Å². The summed E-state index contributed by atoms with van der Waals surface area (Å²) in [6.45, 7) is 0. The number of hydrogen-bond acceptors (Lipinski definition) is 3.